The van der Waals surface area contributed by atoms with Crippen molar-refractivity contribution in [3.63, 3.8) is 0 Å². The molecule has 2 aromatic heterocycles. The highest BCUT2D eigenvalue weighted by Crippen LogP contribution is 2.22. The first-order valence-corrected chi connectivity index (χ1v) is 7.87. The second-order valence-corrected chi connectivity index (χ2v) is 5.63. The van der Waals surface area contributed by atoms with Gasteiger partial charge in [-0.2, -0.15) is 5.10 Å². The standard InChI is InChI=1S/C19H16N4O2.ClH/c20-10-16-9-18(24)17-7-6-13(8-19(17)25-16)22-14-11-21-23(12-14)15-4-2-1-3-5-15;/h1-9,11-12,22H,10,20H2;1H. The fourth-order valence-corrected chi connectivity index (χ4v) is 2.66. The number of hydrogen-bond acceptors (Lipinski definition) is 5. The van der Waals surface area contributed by atoms with E-state index in [0.29, 0.717) is 16.7 Å². The molecule has 0 amide bonds. The average Bonchev–Trinajstić information content (AvgIpc) is 3.10. The number of benzene rings is 2. The molecular formula is C19H17ClN4O2. The van der Waals surface area contributed by atoms with Crippen molar-refractivity contribution >= 4 is 34.8 Å². The van der Waals surface area contributed by atoms with E-state index < -0.39 is 0 Å². The molecule has 0 fully saturated rings. The van der Waals surface area contributed by atoms with Crippen molar-refractivity contribution < 1.29 is 4.42 Å². The lowest BCUT2D eigenvalue weighted by Crippen LogP contribution is -2.05. The summed E-state index contributed by atoms with van der Waals surface area (Å²) in [6.45, 7) is 0.187. The minimum absolute atomic E-state index is 0. The Morgan fingerprint density at radius 1 is 1.08 bits per heavy atom. The molecule has 0 spiro atoms. The number of hydrogen-bond donors (Lipinski definition) is 2. The van der Waals surface area contributed by atoms with Crippen molar-refractivity contribution in [1.82, 2.24) is 9.78 Å². The second kappa shape index (κ2) is 7.43. The van der Waals surface area contributed by atoms with E-state index >= 15 is 0 Å². The zero-order chi connectivity index (χ0) is 17.2. The zero-order valence-electron chi connectivity index (χ0n) is 13.8. The molecule has 132 valence electrons. The third-order valence-electron chi connectivity index (χ3n) is 3.87. The molecule has 0 atom stereocenters. The Morgan fingerprint density at radius 2 is 1.88 bits per heavy atom. The molecule has 4 aromatic rings. The van der Waals surface area contributed by atoms with Crippen LogP contribution in [0, 0.1) is 0 Å². The van der Waals surface area contributed by atoms with Crippen molar-refractivity contribution in [2.45, 2.75) is 6.54 Å². The number of aromatic nitrogens is 2. The summed E-state index contributed by atoms with van der Waals surface area (Å²) >= 11 is 0. The van der Waals surface area contributed by atoms with Crippen molar-refractivity contribution in [3.8, 4) is 5.69 Å². The Kier molecular flexibility index (Phi) is 5.06. The third-order valence-corrected chi connectivity index (χ3v) is 3.87. The van der Waals surface area contributed by atoms with E-state index in [0.717, 1.165) is 17.1 Å². The minimum Gasteiger partial charge on any atom is -0.459 e. The van der Waals surface area contributed by atoms with Crippen LogP contribution in [0.25, 0.3) is 16.7 Å². The second-order valence-electron chi connectivity index (χ2n) is 5.63. The van der Waals surface area contributed by atoms with Crippen LogP contribution in [0.3, 0.4) is 0 Å². The maximum atomic E-state index is 12.0. The van der Waals surface area contributed by atoms with Crippen LogP contribution in [0.5, 0.6) is 0 Å². The molecule has 0 aliphatic carbocycles. The topological polar surface area (TPSA) is 86.1 Å². The third kappa shape index (κ3) is 3.46. The number of para-hydroxylation sites is 1. The SMILES string of the molecule is Cl.NCc1cc(=O)c2ccc(Nc3cnn(-c4ccccc4)c3)cc2o1. The summed E-state index contributed by atoms with van der Waals surface area (Å²) in [4.78, 5) is 12.0. The lowest BCUT2D eigenvalue weighted by molar-refractivity contribution is 0.539. The van der Waals surface area contributed by atoms with Crippen LogP contribution >= 0.6 is 12.4 Å². The molecule has 0 aliphatic heterocycles. The summed E-state index contributed by atoms with van der Waals surface area (Å²) in [5.74, 6) is 0.464. The van der Waals surface area contributed by atoms with Crippen LogP contribution in [0.4, 0.5) is 11.4 Å². The largest absolute Gasteiger partial charge is 0.459 e. The Balaban J connectivity index is 0.00000196. The summed E-state index contributed by atoms with van der Waals surface area (Å²) in [5, 5.41) is 8.15. The van der Waals surface area contributed by atoms with Gasteiger partial charge in [0, 0.05) is 17.8 Å². The number of nitrogens with zero attached hydrogens (tertiary/aromatic N) is 2. The van der Waals surface area contributed by atoms with Gasteiger partial charge in [-0.05, 0) is 24.3 Å². The number of nitrogens with one attached hydrogen (secondary N) is 1. The van der Waals surface area contributed by atoms with E-state index in [1.165, 1.54) is 6.07 Å². The number of rotatable bonds is 4. The number of anilines is 2. The molecule has 26 heavy (non-hydrogen) atoms. The highest BCUT2D eigenvalue weighted by atomic mass is 35.5. The average molecular weight is 369 g/mol. The van der Waals surface area contributed by atoms with Crippen LogP contribution in [-0.4, -0.2) is 9.78 Å². The van der Waals surface area contributed by atoms with Gasteiger partial charge in [0.05, 0.1) is 35.7 Å². The van der Waals surface area contributed by atoms with Gasteiger partial charge >= 0.3 is 0 Å². The van der Waals surface area contributed by atoms with Crippen LogP contribution in [0.2, 0.25) is 0 Å². The van der Waals surface area contributed by atoms with Crippen molar-refractivity contribution in [1.29, 1.82) is 0 Å². The lowest BCUT2D eigenvalue weighted by Gasteiger charge is -2.06. The Morgan fingerprint density at radius 3 is 2.65 bits per heavy atom. The molecule has 0 aliphatic rings. The van der Waals surface area contributed by atoms with Gasteiger partial charge in [-0.1, -0.05) is 18.2 Å². The van der Waals surface area contributed by atoms with Gasteiger partial charge in [0.2, 0.25) is 0 Å². The Labute approximate surface area is 155 Å². The Bertz CT molecular complexity index is 1090. The van der Waals surface area contributed by atoms with E-state index in [9.17, 15) is 4.79 Å². The first kappa shape index (κ1) is 17.7. The summed E-state index contributed by atoms with van der Waals surface area (Å²) < 4.78 is 7.45. The first-order chi connectivity index (χ1) is 12.2. The molecule has 3 N–H and O–H groups in total. The highest BCUT2D eigenvalue weighted by Gasteiger charge is 2.06. The van der Waals surface area contributed by atoms with Crippen molar-refractivity contribution in [2.24, 2.45) is 5.73 Å². The van der Waals surface area contributed by atoms with Crippen molar-refractivity contribution in [2.75, 3.05) is 5.32 Å². The molecule has 0 bridgehead atoms. The maximum Gasteiger partial charge on any atom is 0.193 e. The summed E-state index contributed by atoms with van der Waals surface area (Å²) in [5.41, 5.74) is 8.60. The molecule has 6 nitrogen and oxygen atoms in total. The predicted molar refractivity (Wildman–Crippen MR) is 104 cm³/mol. The molecule has 0 radical (unpaired) electrons. The van der Waals surface area contributed by atoms with Gasteiger partial charge in [-0.3, -0.25) is 4.79 Å². The Hall–Kier alpha value is -3.09. The van der Waals surface area contributed by atoms with Gasteiger partial charge in [0.1, 0.15) is 11.3 Å². The van der Waals surface area contributed by atoms with E-state index in [-0.39, 0.29) is 24.4 Å². The number of halogens is 1. The van der Waals surface area contributed by atoms with Crippen LogP contribution in [-0.2, 0) is 6.54 Å². The maximum absolute atomic E-state index is 12.0. The number of fused-ring (bicyclic) bond motifs is 1. The molecule has 0 unspecified atom stereocenters. The minimum atomic E-state index is -0.0925. The highest BCUT2D eigenvalue weighted by molar-refractivity contribution is 5.85. The van der Waals surface area contributed by atoms with E-state index in [1.54, 1.807) is 23.0 Å². The van der Waals surface area contributed by atoms with E-state index in [2.05, 4.69) is 10.4 Å². The normalized spacial score (nSPS) is 10.5. The van der Waals surface area contributed by atoms with Crippen LogP contribution in [0.15, 0.2) is 76.2 Å². The molecule has 2 heterocycles. The fourth-order valence-electron chi connectivity index (χ4n) is 2.66. The van der Waals surface area contributed by atoms with Gasteiger partial charge in [0.15, 0.2) is 5.43 Å². The molecule has 0 saturated heterocycles. The summed E-state index contributed by atoms with van der Waals surface area (Å²) in [6, 6.07) is 16.6. The molecule has 4 rings (SSSR count). The van der Waals surface area contributed by atoms with Crippen molar-refractivity contribution in [3.05, 3.63) is 83.0 Å². The van der Waals surface area contributed by atoms with Gasteiger partial charge in [-0.15, -0.1) is 12.4 Å². The van der Waals surface area contributed by atoms with E-state index in [4.69, 9.17) is 10.2 Å². The fraction of sp³-hybridized carbons (Fsp3) is 0.0526. The van der Waals surface area contributed by atoms with Gasteiger partial charge in [-0.25, -0.2) is 4.68 Å². The quantitative estimate of drug-likeness (QED) is 0.574. The molecule has 2 aromatic carbocycles. The predicted octanol–water partition coefficient (Wildman–Crippen LogP) is 3.60. The molecular weight excluding hydrogens is 352 g/mol. The zero-order valence-corrected chi connectivity index (χ0v) is 14.6. The van der Waals surface area contributed by atoms with Gasteiger partial charge < -0.3 is 15.5 Å². The lowest BCUT2D eigenvalue weighted by atomic mass is 10.2. The summed E-state index contributed by atoms with van der Waals surface area (Å²) in [6.07, 6.45) is 3.63. The van der Waals surface area contributed by atoms with E-state index in [1.807, 2.05) is 42.6 Å². The first-order valence-electron chi connectivity index (χ1n) is 7.87. The van der Waals surface area contributed by atoms with Crippen LogP contribution in [0.1, 0.15) is 5.76 Å². The molecule has 0 saturated carbocycles. The van der Waals surface area contributed by atoms with Gasteiger partial charge in [0.25, 0.3) is 0 Å². The monoisotopic (exact) mass is 368 g/mol. The molecule has 7 heteroatoms. The summed E-state index contributed by atoms with van der Waals surface area (Å²) in [7, 11) is 0. The smallest absolute Gasteiger partial charge is 0.193 e. The van der Waals surface area contributed by atoms with Crippen LogP contribution < -0.4 is 16.5 Å². The number of nitrogens with two attached hydrogens (primary N) is 1.